The van der Waals surface area contributed by atoms with E-state index in [4.69, 9.17) is 13.9 Å². The first kappa shape index (κ1) is 32.4. The number of carbonyl (C=O) groups is 1. The van der Waals surface area contributed by atoms with Gasteiger partial charge in [0.15, 0.2) is 0 Å². The molecule has 49 heavy (non-hydrogen) atoms. The Bertz CT molecular complexity index is 1950. The van der Waals surface area contributed by atoms with Crippen molar-refractivity contribution in [3.63, 3.8) is 0 Å². The van der Waals surface area contributed by atoms with Gasteiger partial charge in [-0.2, -0.15) is 0 Å². The number of rotatable bonds is 12. The first-order valence-electron chi connectivity index (χ1n) is 16.7. The van der Waals surface area contributed by atoms with Crippen LogP contribution in [0, 0.1) is 5.92 Å². The van der Waals surface area contributed by atoms with Crippen LogP contribution in [-0.2, 0) is 17.9 Å². The van der Waals surface area contributed by atoms with Crippen LogP contribution < -0.4 is 20.9 Å². The second kappa shape index (κ2) is 14.6. The van der Waals surface area contributed by atoms with E-state index in [2.05, 4.69) is 20.5 Å². The van der Waals surface area contributed by atoms with Crippen molar-refractivity contribution in [3.05, 3.63) is 130 Å². The molecule has 3 aliphatic rings. The van der Waals surface area contributed by atoms with Gasteiger partial charge in [-0.1, -0.05) is 48.5 Å². The number of phenols is 1. The molecule has 3 atom stereocenters. The topological polar surface area (TPSA) is 149 Å². The minimum absolute atomic E-state index is 0.0547. The molecule has 2 aromatic heterocycles. The molecule has 3 saturated heterocycles. The fourth-order valence-corrected chi connectivity index (χ4v) is 6.86. The second-order valence-electron chi connectivity index (χ2n) is 12.7. The summed E-state index contributed by atoms with van der Waals surface area (Å²) in [6, 6.07) is 26.8. The summed E-state index contributed by atoms with van der Waals surface area (Å²) in [5.74, 6) is 2.31. The van der Waals surface area contributed by atoms with Crippen LogP contribution in [0.5, 0.6) is 11.5 Å². The molecule has 3 aliphatic heterocycles. The zero-order valence-corrected chi connectivity index (χ0v) is 27.0. The highest BCUT2D eigenvalue weighted by atomic mass is 16.6. The summed E-state index contributed by atoms with van der Waals surface area (Å²) in [5, 5.41) is 27.8. The molecule has 1 unspecified atom stereocenters. The average molecular weight is 665 g/mol. The van der Waals surface area contributed by atoms with Gasteiger partial charge in [0.1, 0.15) is 35.7 Å². The lowest BCUT2D eigenvalue weighted by Gasteiger charge is -2.43. The molecule has 254 valence electrons. The molecule has 0 aliphatic carbocycles. The highest BCUT2D eigenvalue weighted by Crippen LogP contribution is 2.31. The number of fused-ring (bicyclic) bond motifs is 4. The van der Waals surface area contributed by atoms with E-state index in [0.717, 1.165) is 43.6 Å². The number of hydrogen-bond donors (Lipinski definition) is 5. The van der Waals surface area contributed by atoms with E-state index in [1.165, 1.54) is 12.1 Å². The molecule has 0 radical (unpaired) electrons. The third-order valence-corrected chi connectivity index (χ3v) is 9.44. The number of amides is 1. The number of aromatic hydroxyl groups is 1. The number of nitrogens with zero attached hydrogens (tertiary/aromatic N) is 1. The van der Waals surface area contributed by atoms with E-state index >= 15 is 0 Å². The van der Waals surface area contributed by atoms with E-state index in [1.54, 1.807) is 12.1 Å². The van der Waals surface area contributed by atoms with Crippen LogP contribution in [-0.4, -0.2) is 58.5 Å². The Morgan fingerprint density at radius 2 is 1.76 bits per heavy atom. The standard InChI is InChI=1S/C38H40N4O7/c43-32-13-11-30(31-12-14-35(45)40-37(31)32)33(44)21-39-20-28-9-10-29(48-28)23-47-27-8-4-7-26(19-27)36(25-5-2-1-3-6-25)41-38(46)49-34-22-42-17-15-24(34)16-18-42/h1-14,19,24,33-34,36,39,43-44H,15-18,20-23H2,(H,40,45)(H,41,46)/t33-,34+,36?/m1/s1. The number of hydrogen-bond acceptors (Lipinski definition) is 9. The zero-order chi connectivity index (χ0) is 33.7. The Kier molecular flexibility index (Phi) is 9.65. The smallest absolute Gasteiger partial charge is 0.408 e. The lowest BCUT2D eigenvalue weighted by atomic mass is 9.86. The van der Waals surface area contributed by atoms with Crippen LogP contribution in [0.15, 0.2) is 100 Å². The number of ether oxygens (including phenoxy) is 2. The maximum atomic E-state index is 13.2. The summed E-state index contributed by atoms with van der Waals surface area (Å²) in [7, 11) is 0. The van der Waals surface area contributed by atoms with Gasteiger partial charge >= 0.3 is 6.09 Å². The number of nitrogens with one attached hydrogen (secondary N) is 3. The van der Waals surface area contributed by atoms with Gasteiger partial charge in [-0.25, -0.2) is 4.79 Å². The average Bonchev–Trinajstić information content (AvgIpc) is 3.58. The highest BCUT2D eigenvalue weighted by molar-refractivity contribution is 5.87. The largest absolute Gasteiger partial charge is 0.506 e. The molecule has 1 amide bonds. The first-order chi connectivity index (χ1) is 23.9. The van der Waals surface area contributed by atoms with Gasteiger partial charge in [0.25, 0.3) is 0 Å². The predicted octanol–water partition coefficient (Wildman–Crippen LogP) is 5.14. The Morgan fingerprint density at radius 1 is 0.959 bits per heavy atom. The van der Waals surface area contributed by atoms with Crippen molar-refractivity contribution in [3.8, 4) is 11.5 Å². The summed E-state index contributed by atoms with van der Waals surface area (Å²) in [5.41, 5.74) is 2.35. The zero-order valence-electron chi connectivity index (χ0n) is 27.0. The van der Waals surface area contributed by atoms with Gasteiger partial charge in [0.05, 0.1) is 24.2 Å². The summed E-state index contributed by atoms with van der Waals surface area (Å²) in [6.45, 7) is 3.76. The number of carbonyl (C=O) groups excluding carboxylic acids is 1. The number of aromatic nitrogens is 1. The van der Waals surface area contributed by atoms with Crippen molar-refractivity contribution in [2.24, 2.45) is 5.92 Å². The van der Waals surface area contributed by atoms with Crippen molar-refractivity contribution in [1.29, 1.82) is 0 Å². The highest BCUT2D eigenvalue weighted by Gasteiger charge is 2.37. The second-order valence-corrected chi connectivity index (χ2v) is 12.7. The number of pyridine rings is 1. The van der Waals surface area contributed by atoms with Crippen LogP contribution in [0.4, 0.5) is 4.79 Å². The molecule has 2 bridgehead atoms. The van der Waals surface area contributed by atoms with Gasteiger partial charge in [0, 0.05) is 24.5 Å². The molecule has 11 heteroatoms. The molecule has 5 N–H and O–H groups in total. The van der Waals surface area contributed by atoms with Gasteiger partial charge in [-0.3, -0.25) is 9.69 Å². The first-order valence-corrected chi connectivity index (χ1v) is 16.7. The van der Waals surface area contributed by atoms with E-state index < -0.39 is 18.2 Å². The molecular formula is C38H40N4O7. The number of furan rings is 1. The SMILES string of the molecule is O=C(NC(c1ccccc1)c1cccc(OCc2ccc(CNC[C@@H](O)c3ccc(O)c4[nH]c(=O)ccc34)o2)c1)O[C@H]1CN2CCC1CC2. The number of aliphatic hydroxyl groups excluding tert-OH is 1. The monoisotopic (exact) mass is 664 g/mol. The van der Waals surface area contributed by atoms with E-state index in [-0.39, 0.29) is 30.6 Å². The van der Waals surface area contributed by atoms with E-state index in [1.807, 2.05) is 66.7 Å². The minimum atomic E-state index is -0.879. The van der Waals surface area contributed by atoms with Crippen LogP contribution in [0.3, 0.4) is 0 Å². The van der Waals surface area contributed by atoms with Crippen LogP contribution in [0.2, 0.25) is 0 Å². The van der Waals surface area contributed by atoms with E-state index in [0.29, 0.717) is 46.2 Å². The van der Waals surface area contributed by atoms with Gasteiger partial charge in [-0.15, -0.1) is 0 Å². The number of piperidine rings is 3. The van der Waals surface area contributed by atoms with Crippen molar-refractivity contribution in [2.75, 3.05) is 26.2 Å². The van der Waals surface area contributed by atoms with Crippen LogP contribution in [0.25, 0.3) is 10.9 Å². The van der Waals surface area contributed by atoms with Gasteiger partial charge < -0.3 is 39.7 Å². The predicted molar refractivity (Wildman–Crippen MR) is 183 cm³/mol. The molecule has 5 aromatic rings. The summed E-state index contributed by atoms with van der Waals surface area (Å²) >= 11 is 0. The lowest BCUT2D eigenvalue weighted by molar-refractivity contribution is -0.0336. The quantitative estimate of drug-likeness (QED) is 0.122. The van der Waals surface area contributed by atoms with Crippen molar-refractivity contribution in [2.45, 2.75) is 44.2 Å². The maximum absolute atomic E-state index is 13.2. The molecular weight excluding hydrogens is 624 g/mol. The van der Waals surface area contributed by atoms with Gasteiger partial charge in [-0.05, 0) is 84.9 Å². The molecule has 11 nitrogen and oxygen atoms in total. The maximum Gasteiger partial charge on any atom is 0.408 e. The Labute approximate surface area is 283 Å². The summed E-state index contributed by atoms with van der Waals surface area (Å²) in [4.78, 5) is 29.8. The van der Waals surface area contributed by atoms with Crippen molar-refractivity contribution < 1.29 is 28.9 Å². The molecule has 0 spiro atoms. The molecule has 0 saturated carbocycles. The fraction of sp³-hybridized carbons (Fsp3) is 0.316. The summed E-state index contributed by atoms with van der Waals surface area (Å²) in [6.07, 6.45) is 0.755. The third kappa shape index (κ3) is 7.64. The minimum Gasteiger partial charge on any atom is -0.506 e. The number of phenolic OH excluding ortho intramolecular Hbond substituents is 1. The number of aromatic amines is 1. The van der Waals surface area contributed by atoms with Gasteiger partial charge in [0.2, 0.25) is 5.56 Å². The number of alkyl carbamates (subject to hydrolysis) is 1. The Hall–Kier alpha value is -5.10. The molecule has 3 aromatic carbocycles. The van der Waals surface area contributed by atoms with Crippen molar-refractivity contribution in [1.82, 2.24) is 20.5 Å². The number of aliphatic hydroxyl groups is 1. The summed E-state index contributed by atoms with van der Waals surface area (Å²) < 4.78 is 18.0. The van der Waals surface area contributed by atoms with Crippen LogP contribution >= 0.6 is 0 Å². The normalized spacial score (nSPS) is 19.7. The Morgan fingerprint density at radius 3 is 2.55 bits per heavy atom. The van der Waals surface area contributed by atoms with E-state index in [9.17, 15) is 19.8 Å². The molecule has 3 fully saturated rings. The third-order valence-electron chi connectivity index (χ3n) is 9.44. The number of benzene rings is 3. The van der Waals surface area contributed by atoms with Crippen molar-refractivity contribution >= 4 is 17.0 Å². The number of H-pyrrole nitrogens is 1. The Balaban J connectivity index is 0.948. The fourth-order valence-electron chi connectivity index (χ4n) is 6.86. The molecule has 5 heterocycles. The lowest BCUT2D eigenvalue weighted by Crippen LogP contribution is -2.52. The van der Waals surface area contributed by atoms with Crippen LogP contribution in [0.1, 0.15) is 53.2 Å². The molecule has 8 rings (SSSR count).